The molecule has 434 valence electrons. The molecule has 0 aliphatic heterocycles. The van der Waals surface area contributed by atoms with Gasteiger partial charge in [0, 0.05) is 12.8 Å². The summed E-state index contributed by atoms with van der Waals surface area (Å²) in [5.41, 5.74) is 0. The number of ether oxygens (including phenoxy) is 1. The first-order valence-corrected chi connectivity index (χ1v) is 33.4. The Balaban J connectivity index is 3.34. The summed E-state index contributed by atoms with van der Waals surface area (Å²) in [5, 5.41) is 23.3. The van der Waals surface area contributed by atoms with Crippen molar-refractivity contribution in [3.63, 3.8) is 0 Å². The number of unbranched alkanes of at least 4 members (excludes halogenated alkanes) is 50. The van der Waals surface area contributed by atoms with Gasteiger partial charge in [0.15, 0.2) is 0 Å². The number of amides is 1. The van der Waals surface area contributed by atoms with E-state index < -0.39 is 12.1 Å². The van der Waals surface area contributed by atoms with E-state index in [1.54, 1.807) is 0 Å². The maximum atomic E-state index is 12.5. The first-order valence-electron chi connectivity index (χ1n) is 33.4. The topological polar surface area (TPSA) is 95.9 Å². The van der Waals surface area contributed by atoms with Gasteiger partial charge in [-0.15, -0.1) is 0 Å². The maximum Gasteiger partial charge on any atom is 0.305 e. The highest BCUT2D eigenvalue weighted by Gasteiger charge is 2.20. The second-order valence-corrected chi connectivity index (χ2v) is 23.2. The number of aliphatic hydroxyl groups excluding tert-OH is 2. The summed E-state index contributed by atoms with van der Waals surface area (Å²) >= 11 is 0. The van der Waals surface area contributed by atoms with E-state index in [1.165, 1.54) is 302 Å². The minimum Gasteiger partial charge on any atom is -0.466 e. The molecule has 0 rings (SSSR count). The zero-order valence-corrected chi connectivity index (χ0v) is 49.6. The number of nitrogens with one attached hydrogen (secondary N) is 1. The van der Waals surface area contributed by atoms with E-state index in [0.29, 0.717) is 25.9 Å². The zero-order valence-electron chi connectivity index (χ0n) is 49.6. The molecule has 2 unspecified atom stereocenters. The van der Waals surface area contributed by atoms with Crippen LogP contribution < -0.4 is 5.32 Å². The Bertz CT molecular complexity index is 1100. The van der Waals surface area contributed by atoms with Crippen LogP contribution in [0.25, 0.3) is 0 Å². The molecule has 6 nitrogen and oxygen atoms in total. The summed E-state index contributed by atoms with van der Waals surface area (Å²) in [6.45, 7) is 4.97. The summed E-state index contributed by atoms with van der Waals surface area (Å²) in [5.74, 6) is -0.0199. The van der Waals surface area contributed by atoms with Gasteiger partial charge in [-0.3, -0.25) is 9.59 Å². The van der Waals surface area contributed by atoms with Crippen LogP contribution >= 0.6 is 0 Å². The van der Waals surface area contributed by atoms with E-state index in [1.807, 2.05) is 0 Å². The van der Waals surface area contributed by atoms with Crippen LogP contribution in [0, 0.1) is 0 Å². The number of hydrogen-bond acceptors (Lipinski definition) is 5. The van der Waals surface area contributed by atoms with Crippen LogP contribution in [0.5, 0.6) is 0 Å². The molecule has 0 fully saturated rings. The minimum atomic E-state index is -0.662. The molecule has 3 N–H and O–H groups in total. The van der Waals surface area contributed by atoms with Gasteiger partial charge >= 0.3 is 5.97 Å². The van der Waals surface area contributed by atoms with Gasteiger partial charge in [0.1, 0.15) is 0 Å². The fraction of sp³-hybridized carbons (Fsp3) is 0.940. The lowest BCUT2D eigenvalue weighted by atomic mass is 10.0. The quantitative estimate of drug-likeness (QED) is 0.0320. The number of carbonyl (C=O) groups is 2. The predicted octanol–water partition coefficient (Wildman–Crippen LogP) is 21.2. The Morgan fingerprint density at radius 1 is 0.370 bits per heavy atom. The monoisotopic (exact) mass is 1030 g/mol. The van der Waals surface area contributed by atoms with Crippen molar-refractivity contribution in [3.05, 3.63) is 12.2 Å². The van der Waals surface area contributed by atoms with E-state index in [-0.39, 0.29) is 18.5 Å². The van der Waals surface area contributed by atoms with Crippen LogP contribution in [0.15, 0.2) is 12.2 Å². The molecule has 0 bridgehead atoms. The molecule has 0 radical (unpaired) electrons. The first kappa shape index (κ1) is 71.6. The van der Waals surface area contributed by atoms with Crippen molar-refractivity contribution < 1.29 is 24.5 Å². The van der Waals surface area contributed by atoms with Gasteiger partial charge in [0.2, 0.25) is 5.91 Å². The molecule has 1 amide bonds. The number of rotatable bonds is 63. The van der Waals surface area contributed by atoms with E-state index in [9.17, 15) is 19.8 Å². The van der Waals surface area contributed by atoms with Gasteiger partial charge in [0.05, 0.1) is 25.4 Å². The molecular formula is C67H131NO5. The SMILES string of the molecule is CCCCCCC/C=C\CCCCCCCC(=O)OCCCCCCCCCCCCCCCCCCCCCCCCCCCCC(=O)NC(CO)C(O)CCCCCCCCCCCCCCCCCC. The lowest BCUT2D eigenvalue weighted by Gasteiger charge is -2.22. The van der Waals surface area contributed by atoms with Gasteiger partial charge in [0.25, 0.3) is 0 Å². The number of carbonyl (C=O) groups excluding carboxylic acids is 2. The summed E-state index contributed by atoms with van der Waals surface area (Å²) in [6, 6.07) is -0.539. The van der Waals surface area contributed by atoms with Gasteiger partial charge < -0.3 is 20.3 Å². The molecule has 2 atom stereocenters. The third-order valence-corrected chi connectivity index (χ3v) is 15.8. The number of aliphatic hydroxyl groups is 2. The molecule has 0 saturated heterocycles. The Morgan fingerprint density at radius 2 is 0.644 bits per heavy atom. The Kier molecular flexibility index (Phi) is 61.9. The standard InChI is InChI=1S/C67H131NO5/c1-3-5-7-9-11-13-15-17-19-32-35-39-43-47-51-55-59-65(70)64(63-69)68-66(71)60-56-52-48-44-40-36-33-30-28-26-24-22-20-21-23-25-27-29-31-34-38-42-46-50-54-58-62-73-67(72)61-57-53-49-45-41-37-18-16-14-12-10-8-6-4-2/h16,18,64-65,69-70H,3-15,17,19-63H2,1-2H3,(H,68,71)/b18-16-. The minimum absolute atomic E-state index is 0.00954. The van der Waals surface area contributed by atoms with Crippen LogP contribution in [0.1, 0.15) is 380 Å². The second kappa shape index (κ2) is 63.1. The maximum absolute atomic E-state index is 12.5. The first-order chi connectivity index (χ1) is 36.0. The Labute approximate surface area is 457 Å². The van der Waals surface area contributed by atoms with Crippen LogP contribution in [-0.4, -0.2) is 47.4 Å². The number of allylic oxidation sites excluding steroid dienone is 2. The van der Waals surface area contributed by atoms with E-state index in [0.717, 1.165) is 44.9 Å². The van der Waals surface area contributed by atoms with Crippen molar-refractivity contribution in [2.24, 2.45) is 0 Å². The molecule has 0 heterocycles. The molecule has 73 heavy (non-hydrogen) atoms. The molecule has 0 aliphatic carbocycles. The second-order valence-electron chi connectivity index (χ2n) is 23.2. The van der Waals surface area contributed by atoms with Crippen LogP contribution in [0.2, 0.25) is 0 Å². The molecule has 0 spiro atoms. The normalized spacial score (nSPS) is 12.5. The average Bonchev–Trinajstić information content (AvgIpc) is 3.39. The molecule has 0 aliphatic rings. The lowest BCUT2D eigenvalue weighted by Crippen LogP contribution is -2.45. The van der Waals surface area contributed by atoms with E-state index >= 15 is 0 Å². The van der Waals surface area contributed by atoms with Crippen molar-refractivity contribution in [2.45, 2.75) is 392 Å². The van der Waals surface area contributed by atoms with Crippen molar-refractivity contribution in [1.29, 1.82) is 0 Å². The van der Waals surface area contributed by atoms with Crippen molar-refractivity contribution in [1.82, 2.24) is 5.32 Å². The summed E-state index contributed by atoms with van der Waals surface area (Å²) in [7, 11) is 0. The zero-order chi connectivity index (χ0) is 52.9. The Morgan fingerprint density at radius 3 is 0.973 bits per heavy atom. The van der Waals surface area contributed by atoms with Gasteiger partial charge in [-0.05, 0) is 51.4 Å². The third kappa shape index (κ3) is 59.7. The molecule has 0 aromatic carbocycles. The molecule has 0 aromatic rings. The molecular weight excluding hydrogens is 899 g/mol. The largest absolute Gasteiger partial charge is 0.466 e. The van der Waals surface area contributed by atoms with Gasteiger partial charge in [-0.25, -0.2) is 0 Å². The highest BCUT2D eigenvalue weighted by molar-refractivity contribution is 5.76. The third-order valence-electron chi connectivity index (χ3n) is 15.8. The fourth-order valence-electron chi connectivity index (χ4n) is 10.7. The van der Waals surface area contributed by atoms with Crippen LogP contribution in [-0.2, 0) is 14.3 Å². The van der Waals surface area contributed by atoms with Crippen molar-refractivity contribution >= 4 is 11.9 Å². The van der Waals surface area contributed by atoms with E-state index in [4.69, 9.17) is 4.74 Å². The van der Waals surface area contributed by atoms with Crippen molar-refractivity contribution in [2.75, 3.05) is 13.2 Å². The van der Waals surface area contributed by atoms with Gasteiger partial charge in [-0.1, -0.05) is 328 Å². The highest BCUT2D eigenvalue weighted by Crippen LogP contribution is 2.19. The summed E-state index contributed by atoms with van der Waals surface area (Å²) in [6.07, 6.45) is 76.7. The van der Waals surface area contributed by atoms with Crippen LogP contribution in [0.4, 0.5) is 0 Å². The molecule has 0 aromatic heterocycles. The molecule has 6 heteroatoms. The summed E-state index contributed by atoms with van der Waals surface area (Å²) < 4.78 is 5.48. The highest BCUT2D eigenvalue weighted by atomic mass is 16.5. The van der Waals surface area contributed by atoms with Crippen LogP contribution in [0.3, 0.4) is 0 Å². The Hall–Kier alpha value is -1.40. The van der Waals surface area contributed by atoms with Crippen molar-refractivity contribution in [3.8, 4) is 0 Å². The average molecular weight is 1030 g/mol. The van der Waals surface area contributed by atoms with Gasteiger partial charge in [-0.2, -0.15) is 0 Å². The summed E-state index contributed by atoms with van der Waals surface area (Å²) in [4.78, 5) is 24.6. The number of esters is 1. The van der Waals surface area contributed by atoms with E-state index in [2.05, 4.69) is 31.3 Å². The predicted molar refractivity (Wildman–Crippen MR) is 320 cm³/mol. The smallest absolute Gasteiger partial charge is 0.305 e. The fourth-order valence-corrected chi connectivity index (χ4v) is 10.7. The lowest BCUT2D eigenvalue weighted by molar-refractivity contribution is -0.143. The number of hydrogen-bond donors (Lipinski definition) is 3. The molecule has 0 saturated carbocycles.